The molecule has 0 radical (unpaired) electrons. The van der Waals surface area contributed by atoms with Crippen molar-refractivity contribution in [1.82, 2.24) is 14.5 Å². The minimum absolute atomic E-state index is 0.193. The van der Waals surface area contributed by atoms with Crippen molar-refractivity contribution >= 4 is 5.82 Å². The Bertz CT molecular complexity index is 769. The van der Waals surface area contributed by atoms with E-state index in [1.54, 1.807) is 11.9 Å². The average molecular weight is 310 g/mol. The van der Waals surface area contributed by atoms with E-state index in [9.17, 15) is 18.0 Å². The summed E-state index contributed by atoms with van der Waals surface area (Å²) in [7, 11) is 1.61. The predicted molar refractivity (Wildman–Crippen MR) is 73.5 cm³/mol. The van der Waals surface area contributed by atoms with Crippen LogP contribution in [0.5, 0.6) is 0 Å². The van der Waals surface area contributed by atoms with E-state index >= 15 is 0 Å². The topological polar surface area (TPSA) is 51.0 Å². The Balaban J connectivity index is 1.96. The van der Waals surface area contributed by atoms with Crippen LogP contribution in [0.4, 0.5) is 19.0 Å². The predicted octanol–water partition coefficient (Wildman–Crippen LogP) is 1.76. The molecule has 1 aliphatic heterocycles. The number of pyridine rings is 1. The second-order valence-corrected chi connectivity index (χ2v) is 5.17. The summed E-state index contributed by atoms with van der Waals surface area (Å²) in [4.78, 5) is 21.7. The minimum atomic E-state index is -4.43. The highest BCUT2D eigenvalue weighted by Gasteiger charge is 2.32. The van der Waals surface area contributed by atoms with Gasteiger partial charge in [-0.2, -0.15) is 13.2 Å². The summed E-state index contributed by atoms with van der Waals surface area (Å²) in [5.41, 5.74) is 0.0682. The van der Waals surface area contributed by atoms with Crippen LogP contribution in [0.15, 0.2) is 29.5 Å². The summed E-state index contributed by atoms with van der Waals surface area (Å²) in [6.07, 6.45) is -0.0589. The minimum Gasteiger partial charge on any atom is -0.347 e. The molecule has 2 aromatic heterocycles. The van der Waals surface area contributed by atoms with Gasteiger partial charge in [0.05, 0.1) is 5.56 Å². The smallest absolute Gasteiger partial charge is 0.347 e. The average Bonchev–Trinajstić information content (AvgIpc) is 2.48. The van der Waals surface area contributed by atoms with Gasteiger partial charge in [-0.3, -0.25) is 9.78 Å². The van der Waals surface area contributed by atoms with Gasteiger partial charge < -0.3 is 9.47 Å². The Morgan fingerprint density at radius 1 is 1.27 bits per heavy atom. The zero-order valence-electron chi connectivity index (χ0n) is 11.8. The molecule has 0 amide bonds. The standard InChI is InChI=1S/C14H13F3N4O/c1-20-5-3-18-12(13(20)22)21-4-2-11-9(8-21)6-10(7-19-11)14(15,16)17/h3,5-7H,2,4,8H2,1H3. The molecule has 8 heteroatoms. The summed E-state index contributed by atoms with van der Waals surface area (Å²) in [5.74, 6) is 0.244. The number of fused-ring (bicyclic) bond motifs is 1. The molecule has 0 bridgehead atoms. The van der Waals surface area contributed by atoms with Crippen molar-refractivity contribution in [3.8, 4) is 0 Å². The number of anilines is 1. The van der Waals surface area contributed by atoms with E-state index in [2.05, 4.69) is 9.97 Å². The number of rotatable bonds is 1. The van der Waals surface area contributed by atoms with Gasteiger partial charge in [-0.1, -0.05) is 0 Å². The molecule has 0 saturated carbocycles. The maximum absolute atomic E-state index is 12.8. The first-order valence-corrected chi connectivity index (χ1v) is 6.68. The lowest BCUT2D eigenvalue weighted by Crippen LogP contribution is -2.37. The monoisotopic (exact) mass is 310 g/mol. The first-order chi connectivity index (χ1) is 10.4. The van der Waals surface area contributed by atoms with Gasteiger partial charge >= 0.3 is 6.18 Å². The molecule has 0 N–H and O–H groups in total. The molecular formula is C14H13F3N4O. The quantitative estimate of drug-likeness (QED) is 0.805. The van der Waals surface area contributed by atoms with Gasteiger partial charge in [-0.25, -0.2) is 4.98 Å². The molecule has 1 aliphatic rings. The van der Waals surface area contributed by atoms with Crippen LogP contribution in [-0.2, 0) is 26.2 Å². The van der Waals surface area contributed by atoms with E-state index in [0.717, 1.165) is 12.3 Å². The Labute approximate surface area is 124 Å². The Morgan fingerprint density at radius 2 is 2.05 bits per heavy atom. The lowest BCUT2D eigenvalue weighted by atomic mass is 10.0. The van der Waals surface area contributed by atoms with Crippen molar-refractivity contribution in [3.05, 3.63) is 51.8 Å². The van der Waals surface area contributed by atoms with Crippen molar-refractivity contribution in [1.29, 1.82) is 0 Å². The molecule has 0 unspecified atom stereocenters. The Morgan fingerprint density at radius 3 is 2.77 bits per heavy atom. The third kappa shape index (κ3) is 2.56. The van der Waals surface area contributed by atoms with Crippen molar-refractivity contribution < 1.29 is 13.2 Å². The van der Waals surface area contributed by atoms with E-state index < -0.39 is 11.7 Å². The van der Waals surface area contributed by atoms with E-state index in [0.29, 0.717) is 24.2 Å². The number of halogens is 3. The Kier molecular flexibility index (Phi) is 3.38. The first kappa shape index (κ1) is 14.6. The molecule has 2 aromatic rings. The second-order valence-electron chi connectivity index (χ2n) is 5.17. The van der Waals surface area contributed by atoms with Crippen molar-refractivity contribution in [2.24, 2.45) is 7.05 Å². The van der Waals surface area contributed by atoms with Crippen LogP contribution in [0.1, 0.15) is 16.8 Å². The normalized spacial score (nSPS) is 14.8. The van der Waals surface area contributed by atoms with Crippen LogP contribution >= 0.6 is 0 Å². The molecule has 3 rings (SSSR count). The molecule has 5 nitrogen and oxygen atoms in total. The van der Waals surface area contributed by atoms with Crippen LogP contribution in [0, 0.1) is 0 Å². The van der Waals surface area contributed by atoms with E-state index in [1.165, 1.54) is 17.0 Å². The van der Waals surface area contributed by atoms with Gasteiger partial charge in [0.1, 0.15) is 0 Å². The van der Waals surface area contributed by atoms with Gasteiger partial charge in [-0.05, 0) is 11.6 Å². The fourth-order valence-corrected chi connectivity index (χ4v) is 2.46. The highest BCUT2D eigenvalue weighted by atomic mass is 19.4. The van der Waals surface area contributed by atoms with Crippen LogP contribution in [-0.4, -0.2) is 21.1 Å². The zero-order chi connectivity index (χ0) is 15.9. The fourth-order valence-electron chi connectivity index (χ4n) is 2.46. The number of aromatic nitrogens is 3. The molecule has 0 atom stereocenters. The number of nitrogens with zero attached hydrogens (tertiary/aromatic N) is 4. The highest BCUT2D eigenvalue weighted by Crippen LogP contribution is 2.31. The molecule has 3 heterocycles. The van der Waals surface area contributed by atoms with Crippen LogP contribution in [0.25, 0.3) is 0 Å². The number of hydrogen-bond donors (Lipinski definition) is 0. The maximum atomic E-state index is 12.8. The maximum Gasteiger partial charge on any atom is 0.417 e. The first-order valence-electron chi connectivity index (χ1n) is 6.68. The lowest BCUT2D eigenvalue weighted by molar-refractivity contribution is -0.137. The molecule has 0 spiro atoms. The molecular weight excluding hydrogens is 297 g/mol. The molecule has 0 aliphatic carbocycles. The number of alkyl halides is 3. The van der Waals surface area contributed by atoms with Gasteiger partial charge in [0.15, 0.2) is 5.82 Å². The van der Waals surface area contributed by atoms with Gasteiger partial charge in [-0.15, -0.1) is 0 Å². The van der Waals surface area contributed by atoms with Crippen LogP contribution in [0.2, 0.25) is 0 Å². The summed E-state index contributed by atoms with van der Waals surface area (Å²) in [5, 5.41) is 0. The SMILES string of the molecule is Cn1ccnc(N2CCc3ncc(C(F)(F)F)cc3C2)c1=O. The van der Waals surface area contributed by atoms with Gasteiger partial charge in [0.25, 0.3) is 5.56 Å². The van der Waals surface area contributed by atoms with Crippen molar-refractivity contribution in [2.75, 3.05) is 11.4 Å². The molecule has 0 aromatic carbocycles. The summed E-state index contributed by atoms with van der Waals surface area (Å²) in [6, 6.07) is 1.10. The second kappa shape index (κ2) is 5.11. The lowest BCUT2D eigenvalue weighted by Gasteiger charge is -2.29. The molecule has 22 heavy (non-hydrogen) atoms. The summed E-state index contributed by atoms with van der Waals surface area (Å²) < 4.78 is 39.7. The van der Waals surface area contributed by atoms with E-state index in [1.807, 2.05) is 0 Å². The molecule has 0 saturated heterocycles. The summed E-state index contributed by atoms with van der Waals surface area (Å²) >= 11 is 0. The van der Waals surface area contributed by atoms with Crippen LogP contribution < -0.4 is 10.5 Å². The van der Waals surface area contributed by atoms with E-state index in [4.69, 9.17) is 0 Å². The highest BCUT2D eigenvalue weighted by molar-refractivity contribution is 5.42. The third-order valence-electron chi connectivity index (χ3n) is 3.67. The Hall–Kier alpha value is -2.38. The number of aryl methyl sites for hydroxylation is 1. The third-order valence-corrected chi connectivity index (χ3v) is 3.67. The largest absolute Gasteiger partial charge is 0.417 e. The van der Waals surface area contributed by atoms with Gasteiger partial charge in [0.2, 0.25) is 0 Å². The fraction of sp³-hybridized carbons (Fsp3) is 0.357. The summed E-state index contributed by atoms with van der Waals surface area (Å²) in [6.45, 7) is 0.691. The van der Waals surface area contributed by atoms with Crippen LogP contribution in [0.3, 0.4) is 0 Å². The van der Waals surface area contributed by atoms with E-state index in [-0.39, 0.29) is 17.9 Å². The van der Waals surface area contributed by atoms with Gasteiger partial charge in [0, 0.05) is 50.8 Å². The van der Waals surface area contributed by atoms with Crippen molar-refractivity contribution in [3.63, 3.8) is 0 Å². The van der Waals surface area contributed by atoms with Crippen molar-refractivity contribution in [2.45, 2.75) is 19.1 Å². The zero-order valence-corrected chi connectivity index (χ0v) is 11.8. The molecule has 116 valence electrons. The molecule has 0 fully saturated rings. The number of hydrogen-bond acceptors (Lipinski definition) is 4.